The second-order valence-electron chi connectivity index (χ2n) is 6.60. The van der Waals surface area contributed by atoms with Gasteiger partial charge in [0.25, 0.3) is 0 Å². The van der Waals surface area contributed by atoms with Gasteiger partial charge in [0, 0.05) is 6.54 Å². The SMILES string of the molecule is C=C(C)c1ccc(C(C)(C)NC(=O)NCCc2ccccc2)cc1. The molecular weight excluding hydrogens is 296 g/mol. The van der Waals surface area contributed by atoms with E-state index < -0.39 is 5.54 Å². The first-order valence-corrected chi connectivity index (χ1v) is 8.25. The van der Waals surface area contributed by atoms with Crippen molar-refractivity contribution in [3.63, 3.8) is 0 Å². The lowest BCUT2D eigenvalue weighted by Crippen LogP contribution is -2.46. The van der Waals surface area contributed by atoms with E-state index in [1.54, 1.807) is 0 Å². The molecule has 0 heterocycles. The van der Waals surface area contributed by atoms with Gasteiger partial charge in [-0.25, -0.2) is 4.79 Å². The van der Waals surface area contributed by atoms with Crippen LogP contribution >= 0.6 is 0 Å². The molecule has 0 unspecified atom stereocenters. The van der Waals surface area contributed by atoms with E-state index in [9.17, 15) is 4.79 Å². The van der Waals surface area contributed by atoms with Gasteiger partial charge in [0.1, 0.15) is 0 Å². The molecule has 126 valence electrons. The summed E-state index contributed by atoms with van der Waals surface area (Å²) >= 11 is 0. The lowest BCUT2D eigenvalue weighted by atomic mass is 9.93. The first-order valence-electron chi connectivity index (χ1n) is 8.25. The van der Waals surface area contributed by atoms with Crippen molar-refractivity contribution in [1.29, 1.82) is 0 Å². The number of urea groups is 1. The maximum atomic E-state index is 12.2. The number of carbonyl (C=O) groups excluding carboxylic acids is 1. The van der Waals surface area contributed by atoms with Crippen molar-refractivity contribution in [2.24, 2.45) is 0 Å². The second kappa shape index (κ2) is 7.82. The molecule has 0 aliphatic heterocycles. The van der Waals surface area contributed by atoms with Crippen LogP contribution in [0, 0.1) is 0 Å². The average Bonchev–Trinajstić information content (AvgIpc) is 2.55. The molecule has 2 rings (SSSR count). The molecule has 0 aliphatic carbocycles. The minimum atomic E-state index is -0.440. The monoisotopic (exact) mass is 322 g/mol. The minimum absolute atomic E-state index is 0.153. The van der Waals surface area contributed by atoms with Crippen molar-refractivity contribution in [3.8, 4) is 0 Å². The molecule has 3 heteroatoms. The van der Waals surface area contributed by atoms with Crippen LogP contribution < -0.4 is 10.6 Å². The van der Waals surface area contributed by atoms with Gasteiger partial charge in [-0.05, 0) is 43.9 Å². The Bertz CT molecular complexity index is 688. The summed E-state index contributed by atoms with van der Waals surface area (Å²) in [6, 6.07) is 18.1. The van der Waals surface area contributed by atoms with Gasteiger partial charge in [0.15, 0.2) is 0 Å². The Morgan fingerprint density at radius 2 is 1.67 bits per heavy atom. The fourth-order valence-corrected chi connectivity index (χ4v) is 2.54. The number of hydrogen-bond donors (Lipinski definition) is 2. The smallest absolute Gasteiger partial charge is 0.315 e. The first kappa shape index (κ1) is 17.8. The quantitative estimate of drug-likeness (QED) is 0.808. The zero-order chi connectivity index (χ0) is 17.6. The van der Waals surface area contributed by atoms with Gasteiger partial charge in [0.05, 0.1) is 5.54 Å². The van der Waals surface area contributed by atoms with Crippen LogP contribution in [0.4, 0.5) is 4.79 Å². The van der Waals surface area contributed by atoms with Crippen LogP contribution in [0.3, 0.4) is 0 Å². The van der Waals surface area contributed by atoms with Gasteiger partial charge in [-0.15, -0.1) is 0 Å². The van der Waals surface area contributed by atoms with E-state index in [0.29, 0.717) is 6.54 Å². The molecule has 0 aliphatic rings. The largest absolute Gasteiger partial charge is 0.338 e. The number of nitrogens with one attached hydrogen (secondary N) is 2. The number of rotatable bonds is 6. The van der Waals surface area contributed by atoms with Gasteiger partial charge in [-0.1, -0.05) is 66.7 Å². The van der Waals surface area contributed by atoms with E-state index in [-0.39, 0.29) is 6.03 Å². The Morgan fingerprint density at radius 3 is 2.25 bits per heavy atom. The van der Waals surface area contributed by atoms with Gasteiger partial charge in [0.2, 0.25) is 0 Å². The minimum Gasteiger partial charge on any atom is -0.338 e. The fraction of sp³-hybridized carbons (Fsp3) is 0.286. The van der Waals surface area contributed by atoms with Crippen LogP contribution in [0.5, 0.6) is 0 Å². The maximum absolute atomic E-state index is 12.2. The third kappa shape index (κ3) is 4.98. The fourth-order valence-electron chi connectivity index (χ4n) is 2.54. The topological polar surface area (TPSA) is 41.1 Å². The van der Waals surface area contributed by atoms with E-state index in [2.05, 4.69) is 29.3 Å². The highest BCUT2D eigenvalue weighted by atomic mass is 16.2. The molecule has 2 aromatic carbocycles. The van der Waals surface area contributed by atoms with E-state index in [1.165, 1.54) is 5.56 Å². The third-order valence-electron chi connectivity index (χ3n) is 4.07. The van der Waals surface area contributed by atoms with Crippen LogP contribution in [0.1, 0.15) is 37.5 Å². The van der Waals surface area contributed by atoms with Crippen molar-refractivity contribution in [3.05, 3.63) is 77.9 Å². The molecule has 0 spiro atoms. The highest BCUT2D eigenvalue weighted by Gasteiger charge is 2.22. The highest BCUT2D eigenvalue weighted by molar-refractivity contribution is 5.75. The molecule has 3 nitrogen and oxygen atoms in total. The summed E-state index contributed by atoms with van der Waals surface area (Å²) in [6.07, 6.45) is 0.821. The Balaban J connectivity index is 1.88. The lowest BCUT2D eigenvalue weighted by molar-refractivity contribution is 0.230. The predicted molar refractivity (Wildman–Crippen MR) is 101 cm³/mol. The summed E-state index contributed by atoms with van der Waals surface area (Å²) < 4.78 is 0. The normalized spacial score (nSPS) is 11.0. The van der Waals surface area contributed by atoms with Crippen LogP contribution in [-0.4, -0.2) is 12.6 Å². The highest BCUT2D eigenvalue weighted by Crippen LogP contribution is 2.22. The molecule has 0 atom stereocenters. The molecule has 2 amide bonds. The Labute approximate surface area is 144 Å². The van der Waals surface area contributed by atoms with Crippen LogP contribution in [0.15, 0.2) is 61.2 Å². The number of amides is 2. The van der Waals surface area contributed by atoms with Crippen LogP contribution in [0.25, 0.3) is 5.57 Å². The summed E-state index contributed by atoms with van der Waals surface area (Å²) in [5.74, 6) is 0. The van der Waals surface area contributed by atoms with Crippen LogP contribution in [0.2, 0.25) is 0 Å². The Kier molecular flexibility index (Phi) is 5.80. The average molecular weight is 322 g/mol. The molecule has 24 heavy (non-hydrogen) atoms. The summed E-state index contributed by atoms with van der Waals surface area (Å²) in [7, 11) is 0. The van der Waals surface area contributed by atoms with E-state index in [1.807, 2.05) is 63.2 Å². The molecular formula is C21H26N2O. The summed E-state index contributed by atoms with van der Waals surface area (Å²) in [4.78, 5) is 12.2. The molecule has 0 radical (unpaired) electrons. The molecule has 2 aromatic rings. The maximum Gasteiger partial charge on any atom is 0.315 e. The van der Waals surface area contributed by atoms with Crippen molar-refractivity contribution < 1.29 is 4.79 Å². The third-order valence-corrected chi connectivity index (χ3v) is 4.07. The van der Waals surface area contributed by atoms with Gasteiger partial charge in [-0.2, -0.15) is 0 Å². The van der Waals surface area contributed by atoms with Crippen molar-refractivity contribution in [1.82, 2.24) is 10.6 Å². The van der Waals surface area contributed by atoms with E-state index in [0.717, 1.165) is 23.1 Å². The van der Waals surface area contributed by atoms with E-state index in [4.69, 9.17) is 0 Å². The molecule has 0 saturated heterocycles. The summed E-state index contributed by atoms with van der Waals surface area (Å²) in [5.41, 5.74) is 3.98. The van der Waals surface area contributed by atoms with Crippen LogP contribution in [-0.2, 0) is 12.0 Å². The van der Waals surface area contributed by atoms with Crippen molar-refractivity contribution in [2.45, 2.75) is 32.7 Å². The van der Waals surface area contributed by atoms with Gasteiger partial charge >= 0.3 is 6.03 Å². The standard InChI is InChI=1S/C21H26N2O/c1-16(2)18-10-12-19(13-11-18)21(3,4)23-20(24)22-15-14-17-8-6-5-7-9-17/h5-13H,1,14-15H2,2-4H3,(H2,22,23,24). The van der Waals surface area contributed by atoms with Crippen molar-refractivity contribution >= 4 is 11.6 Å². The lowest BCUT2D eigenvalue weighted by Gasteiger charge is -2.27. The van der Waals surface area contributed by atoms with Gasteiger partial charge < -0.3 is 10.6 Å². The Hall–Kier alpha value is -2.55. The molecule has 0 saturated carbocycles. The number of benzene rings is 2. The summed E-state index contributed by atoms with van der Waals surface area (Å²) in [6.45, 7) is 10.5. The molecule has 0 fully saturated rings. The first-order chi connectivity index (χ1) is 11.4. The number of hydrogen-bond acceptors (Lipinski definition) is 1. The molecule has 2 N–H and O–H groups in total. The second-order valence-corrected chi connectivity index (χ2v) is 6.60. The zero-order valence-corrected chi connectivity index (χ0v) is 14.7. The number of allylic oxidation sites excluding steroid dienone is 1. The number of carbonyl (C=O) groups is 1. The van der Waals surface area contributed by atoms with Crippen molar-refractivity contribution in [2.75, 3.05) is 6.54 Å². The molecule has 0 bridgehead atoms. The molecule has 0 aromatic heterocycles. The zero-order valence-electron chi connectivity index (χ0n) is 14.7. The summed E-state index contributed by atoms with van der Waals surface area (Å²) in [5, 5.41) is 5.96. The van der Waals surface area contributed by atoms with E-state index >= 15 is 0 Å². The van der Waals surface area contributed by atoms with Gasteiger partial charge in [-0.3, -0.25) is 0 Å². The predicted octanol–water partition coefficient (Wildman–Crippen LogP) is 4.50. The Morgan fingerprint density at radius 1 is 1.04 bits per heavy atom.